The van der Waals surface area contributed by atoms with Gasteiger partial charge in [-0.05, 0) is 13.0 Å². The normalized spacial score (nSPS) is 16.0. The van der Waals surface area contributed by atoms with Gasteiger partial charge in [0.1, 0.15) is 0 Å². The van der Waals surface area contributed by atoms with Gasteiger partial charge in [-0.15, -0.1) is 0 Å². The van der Waals surface area contributed by atoms with Crippen molar-refractivity contribution in [2.24, 2.45) is 5.73 Å². The molecular weight excluding hydrogens is 191 g/mol. The summed E-state index contributed by atoms with van der Waals surface area (Å²) in [6.45, 7) is 4.30. The summed E-state index contributed by atoms with van der Waals surface area (Å²) in [6.07, 6.45) is -3.71. The molecule has 2 N–H and O–H groups in total. The van der Waals surface area contributed by atoms with E-state index in [0.29, 0.717) is 0 Å². The number of hydrogen-bond acceptors (Lipinski definition) is 1. The standard InChI is InChI=1S/C7H9ClF3N/c1-4(7(9,10)11)3-6(8)5(2)12/h3,5H,1,12H2,2H3/b6-3+. The van der Waals surface area contributed by atoms with E-state index in [2.05, 4.69) is 6.58 Å². The third-order valence-corrected chi connectivity index (χ3v) is 1.56. The van der Waals surface area contributed by atoms with Crippen LogP contribution < -0.4 is 5.73 Å². The van der Waals surface area contributed by atoms with Crippen LogP contribution in [0.4, 0.5) is 13.2 Å². The van der Waals surface area contributed by atoms with E-state index in [-0.39, 0.29) is 5.03 Å². The molecule has 0 saturated carbocycles. The van der Waals surface area contributed by atoms with E-state index in [1.54, 1.807) is 0 Å². The minimum absolute atomic E-state index is 0.0580. The Labute approximate surface area is 73.7 Å². The summed E-state index contributed by atoms with van der Waals surface area (Å²) in [6, 6.07) is -0.606. The fraction of sp³-hybridized carbons (Fsp3) is 0.429. The minimum Gasteiger partial charge on any atom is -0.323 e. The van der Waals surface area contributed by atoms with Crippen LogP contribution in [0.3, 0.4) is 0 Å². The van der Waals surface area contributed by atoms with Gasteiger partial charge in [0.05, 0.1) is 0 Å². The largest absolute Gasteiger partial charge is 0.415 e. The summed E-state index contributed by atoms with van der Waals surface area (Å²) in [5, 5.41) is -0.0580. The Bertz CT molecular complexity index is 205. The highest BCUT2D eigenvalue weighted by molar-refractivity contribution is 6.30. The van der Waals surface area contributed by atoms with E-state index in [9.17, 15) is 13.2 Å². The Kier molecular flexibility index (Phi) is 3.80. The quantitative estimate of drug-likeness (QED) is 0.680. The lowest BCUT2D eigenvalue weighted by Gasteiger charge is -2.07. The molecule has 0 aliphatic carbocycles. The Balaban J connectivity index is 4.46. The van der Waals surface area contributed by atoms with Gasteiger partial charge in [0, 0.05) is 16.6 Å². The van der Waals surface area contributed by atoms with Crippen molar-refractivity contribution in [1.29, 1.82) is 0 Å². The fourth-order valence-corrected chi connectivity index (χ4v) is 0.511. The predicted molar refractivity (Wildman–Crippen MR) is 42.8 cm³/mol. The molecule has 0 amide bonds. The molecule has 1 nitrogen and oxygen atoms in total. The van der Waals surface area contributed by atoms with Crippen LogP contribution in [0.2, 0.25) is 0 Å². The van der Waals surface area contributed by atoms with Crippen LogP contribution in [0.5, 0.6) is 0 Å². The summed E-state index contributed by atoms with van der Waals surface area (Å²) in [5.74, 6) is 0. The van der Waals surface area contributed by atoms with Crippen molar-refractivity contribution in [3.05, 3.63) is 23.3 Å². The van der Waals surface area contributed by atoms with Gasteiger partial charge in [-0.25, -0.2) is 0 Å². The van der Waals surface area contributed by atoms with Gasteiger partial charge in [0.15, 0.2) is 0 Å². The van der Waals surface area contributed by atoms with Crippen molar-refractivity contribution in [3.8, 4) is 0 Å². The van der Waals surface area contributed by atoms with Crippen LogP contribution in [0.25, 0.3) is 0 Å². The van der Waals surface area contributed by atoms with Crippen LogP contribution in [0, 0.1) is 0 Å². The minimum atomic E-state index is -4.44. The SMILES string of the molecule is C=C(/C=C(/Cl)C(C)N)C(F)(F)F. The molecule has 0 fully saturated rings. The van der Waals surface area contributed by atoms with Crippen LogP contribution in [0.15, 0.2) is 23.3 Å². The van der Waals surface area contributed by atoms with Gasteiger partial charge < -0.3 is 5.73 Å². The van der Waals surface area contributed by atoms with E-state index in [0.717, 1.165) is 6.08 Å². The molecule has 5 heteroatoms. The monoisotopic (exact) mass is 199 g/mol. The molecule has 0 aromatic rings. The van der Waals surface area contributed by atoms with Gasteiger partial charge in [-0.3, -0.25) is 0 Å². The summed E-state index contributed by atoms with van der Waals surface area (Å²) in [5.41, 5.74) is 4.22. The molecule has 0 aromatic heterocycles. The average molecular weight is 200 g/mol. The third kappa shape index (κ3) is 3.78. The molecule has 0 spiro atoms. The molecule has 1 atom stereocenters. The zero-order valence-electron chi connectivity index (χ0n) is 6.45. The molecule has 0 aliphatic rings. The molecule has 0 saturated heterocycles. The first kappa shape index (κ1) is 11.5. The second-order valence-electron chi connectivity index (χ2n) is 2.34. The zero-order chi connectivity index (χ0) is 9.94. The molecule has 12 heavy (non-hydrogen) atoms. The van der Waals surface area contributed by atoms with Crippen molar-refractivity contribution in [2.75, 3.05) is 0 Å². The lowest BCUT2D eigenvalue weighted by molar-refractivity contribution is -0.0878. The number of nitrogens with two attached hydrogens (primary N) is 1. The molecule has 1 unspecified atom stereocenters. The lowest BCUT2D eigenvalue weighted by Crippen LogP contribution is -2.16. The number of rotatable bonds is 2. The maximum atomic E-state index is 11.8. The Morgan fingerprint density at radius 2 is 2.00 bits per heavy atom. The predicted octanol–water partition coefficient (Wildman–Crippen LogP) is 2.57. The molecule has 0 bridgehead atoms. The fourth-order valence-electron chi connectivity index (χ4n) is 0.380. The molecule has 0 heterocycles. The van der Waals surface area contributed by atoms with E-state index in [1.165, 1.54) is 6.92 Å². The maximum absolute atomic E-state index is 11.8. The summed E-state index contributed by atoms with van der Waals surface area (Å²) in [4.78, 5) is 0. The Morgan fingerprint density at radius 3 is 2.25 bits per heavy atom. The maximum Gasteiger partial charge on any atom is 0.415 e. The Morgan fingerprint density at radius 1 is 1.58 bits per heavy atom. The molecule has 0 aliphatic heterocycles. The molecule has 0 rings (SSSR count). The summed E-state index contributed by atoms with van der Waals surface area (Å²) >= 11 is 5.39. The smallest absolute Gasteiger partial charge is 0.323 e. The Hall–Kier alpha value is -0.480. The first-order chi connectivity index (χ1) is 5.25. The molecule has 70 valence electrons. The van der Waals surface area contributed by atoms with Gasteiger partial charge in [0.25, 0.3) is 0 Å². The van der Waals surface area contributed by atoms with E-state index in [4.69, 9.17) is 17.3 Å². The van der Waals surface area contributed by atoms with Crippen LogP contribution in [0.1, 0.15) is 6.92 Å². The van der Waals surface area contributed by atoms with Gasteiger partial charge in [-0.1, -0.05) is 18.2 Å². The molecular formula is C7H9ClF3N. The van der Waals surface area contributed by atoms with Gasteiger partial charge in [-0.2, -0.15) is 13.2 Å². The van der Waals surface area contributed by atoms with Crippen molar-refractivity contribution < 1.29 is 13.2 Å². The lowest BCUT2D eigenvalue weighted by atomic mass is 10.2. The number of halogens is 4. The van der Waals surface area contributed by atoms with Crippen molar-refractivity contribution in [2.45, 2.75) is 19.1 Å². The van der Waals surface area contributed by atoms with Gasteiger partial charge in [0.2, 0.25) is 0 Å². The highest BCUT2D eigenvalue weighted by Crippen LogP contribution is 2.26. The first-order valence-corrected chi connectivity index (χ1v) is 3.51. The van der Waals surface area contributed by atoms with Crippen LogP contribution in [-0.4, -0.2) is 12.2 Å². The van der Waals surface area contributed by atoms with Crippen molar-refractivity contribution in [3.63, 3.8) is 0 Å². The second kappa shape index (κ2) is 3.96. The number of alkyl halides is 3. The van der Waals surface area contributed by atoms with Crippen molar-refractivity contribution >= 4 is 11.6 Å². The molecule has 0 aromatic carbocycles. The van der Waals surface area contributed by atoms with E-state index >= 15 is 0 Å². The second-order valence-corrected chi connectivity index (χ2v) is 2.78. The first-order valence-electron chi connectivity index (χ1n) is 3.14. The van der Waals surface area contributed by atoms with Gasteiger partial charge >= 0.3 is 6.18 Å². The van der Waals surface area contributed by atoms with Crippen molar-refractivity contribution in [1.82, 2.24) is 0 Å². The number of allylic oxidation sites excluding steroid dienone is 2. The highest BCUT2D eigenvalue weighted by atomic mass is 35.5. The molecule has 0 radical (unpaired) electrons. The third-order valence-electron chi connectivity index (χ3n) is 1.11. The summed E-state index contributed by atoms with van der Waals surface area (Å²) in [7, 11) is 0. The topological polar surface area (TPSA) is 26.0 Å². The van der Waals surface area contributed by atoms with E-state index < -0.39 is 17.8 Å². The summed E-state index contributed by atoms with van der Waals surface area (Å²) < 4.78 is 35.5. The van der Waals surface area contributed by atoms with E-state index in [1.807, 2.05) is 0 Å². The zero-order valence-corrected chi connectivity index (χ0v) is 7.21. The highest BCUT2D eigenvalue weighted by Gasteiger charge is 2.30. The van der Waals surface area contributed by atoms with Crippen LogP contribution in [-0.2, 0) is 0 Å². The number of hydrogen-bond donors (Lipinski definition) is 1. The van der Waals surface area contributed by atoms with Crippen LogP contribution >= 0.6 is 11.6 Å². The average Bonchev–Trinajstić information content (AvgIpc) is 1.85.